The third kappa shape index (κ3) is 1.06. The Morgan fingerprint density at radius 3 is 3.07 bits per heavy atom. The minimum atomic E-state index is -0.377. The van der Waals surface area contributed by atoms with Crippen LogP contribution in [0.2, 0.25) is 0 Å². The fourth-order valence-corrected chi connectivity index (χ4v) is 1.83. The molecule has 0 aliphatic carbocycles. The molecule has 1 aromatic rings. The van der Waals surface area contributed by atoms with E-state index in [0.717, 1.165) is 11.8 Å². The lowest BCUT2D eigenvalue weighted by atomic mass is 10.1. The summed E-state index contributed by atoms with van der Waals surface area (Å²) in [4.78, 5) is 9.68. The molecule has 1 aromatic carbocycles. The molecule has 0 aromatic heterocycles. The average molecular weight is 186 g/mol. The van der Waals surface area contributed by atoms with Gasteiger partial charge in [-0.05, 0) is 23.4 Å². The molecule has 2 heterocycles. The van der Waals surface area contributed by atoms with Crippen LogP contribution >= 0.6 is 0 Å². The van der Waals surface area contributed by atoms with E-state index in [1.807, 2.05) is 24.3 Å². The van der Waals surface area contributed by atoms with Gasteiger partial charge in [-0.2, -0.15) is 0 Å². The Morgan fingerprint density at radius 2 is 2.29 bits per heavy atom. The van der Waals surface area contributed by atoms with Crippen molar-refractivity contribution in [1.82, 2.24) is 5.48 Å². The number of hydroxylamine groups is 1. The first-order valence-electron chi connectivity index (χ1n) is 4.64. The van der Waals surface area contributed by atoms with Gasteiger partial charge in [0.05, 0.1) is 5.36 Å². The second-order valence-electron chi connectivity index (χ2n) is 3.54. The Bertz CT molecular complexity index is 469. The summed E-state index contributed by atoms with van der Waals surface area (Å²) in [5.41, 5.74) is 2.56. The summed E-state index contributed by atoms with van der Waals surface area (Å²) in [5.74, 6) is 0. The number of nitrogens with one attached hydrogen (secondary N) is 1. The normalized spacial score (nSPS) is 27.7. The van der Waals surface area contributed by atoms with E-state index in [4.69, 9.17) is 4.84 Å². The van der Waals surface area contributed by atoms with Crippen LogP contribution in [-0.4, -0.2) is 5.66 Å². The Kier molecular flexibility index (Phi) is 1.49. The highest BCUT2D eigenvalue weighted by atomic mass is 16.6. The van der Waals surface area contributed by atoms with Gasteiger partial charge in [0.2, 0.25) is 0 Å². The largest absolute Gasteiger partial charge is 0.414 e. The van der Waals surface area contributed by atoms with Gasteiger partial charge >= 0.3 is 0 Å². The monoisotopic (exact) mass is 186 g/mol. The first-order valence-corrected chi connectivity index (χ1v) is 4.64. The minimum Gasteiger partial charge on any atom is -0.414 e. The summed E-state index contributed by atoms with van der Waals surface area (Å²) in [7, 11) is 0. The lowest BCUT2D eigenvalue weighted by Crippen LogP contribution is -2.41. The molecule has 0 bridgehead atoms. The topological polar surface area (TPSA) is 33.6 Å². The van der Waals surface area contributed by atoms with Gasteiger partial charge in [0.25, 0.3) is 0 Å². The smallest absolute Gasteiger partial charge is 0.166 e. The number of benzene rings is 1. The lowest BCUT2D eigenvalue weighted by molar-refractivity contribution is 0.0630. The first-order chi connectivity index (χ1) is 6.88. The predicted octanol–water partition coefficient (Wildman–Crippen LogP) is 0.235. The molecule has 3 rings (SSSR count). The van der Waals surface area contributed by atoms with Gasteiger partial charge in [-0.1, -0.05) is 18.2 Å². The standard InChI is InChI=1S/C11H10N2O/c1-2-5-10-9(4-1)8-11(12-10)6-3-7-14-13-11/h1-5,7-8,13H,6H2. The average Bonchev–Trinajstić information content (AvgIpc) is 2.56. The fraction of sp³-hybridized carbons (Fsp3) is 0.182. The summed E-state index contributed by atoms with van der Waals surface area (Å²) in [6.07, 6.45) is 6.56. The zero-order chi connectivity index (χ0) is 9.43. The van der Waals surface area contributed by atoms with Crippen molar-refractivity contribution in [1.29, 1.82) is 0 Å². The van der Waals surface area contributed by atoms with Crippen molar-refractivity contribution < 1.29 is 4.84 Å². The van der Waals surface area contributed by atoms with E-state index >= 15 is 0 Å². The molecular weight excluding hydrogens is 176 g/mol. The van der Waals surface area contributed by atoms with Crippen LogP contribution in [0.25, 0.3) is 6.08 Å². The van der Waals surface area contributed by atoms with Crippen LogP contribution in [-0.2, 0) is 4.84 Å². The third-order valence-electron chi connectivity index (χ3n) is 2.48. The number of rotatable bonds is 0. The molecule has 14 heavy (non-hydrogen) atoms. The maximum atomic E-state index is 5.08. The molecule has 1 atom stereocenters. The van der Waals surface area contributed by atoms with Gasteiger partial charge in [-0.15, -0.1) is 5.48 Å². The van der Waals surface area contributed by atoms with Gasteiger partial charge in [-0.3, -0.25) is 4.99 Å². The van der Waals surface area contributed by atoms with Crippen LogP contribution < -0.4 is 16.1 Å². The maximum Gasteiger partial charge on any atom is 0.166 e. The summed E-state index contributed by atoms with van der Waals surface area (Å²) in [5, 5.41) is 2.19. The number of hydrogen-bond donors (Lipinski definition) is 1. The number of hydrogen-bond acceptors (Lipinski definition) is 3. The summed E-state index contributed by atoms with van der Waals surface area (Å²) in [6.45, 7) is 0. The minimum absolute atomic E-state index is 0.377. The number of nitrogens with zero attached hydrogens (tertiary/aromatic N) is 1. The molecule has 1 unspecified atom stereocenters. The van der Waals surface area contributed by atoms with Gasteiger partial charge < -0.3 is 4.84 Å². The van der Waals surface area contributed by atoms with E-state index in [1.165, 1.54) is 5.22 Å². The Morgan fingerprint density at radius 1 is 1.36 bits per heavy atom. The molecule has 0 radical (unpaired) electrons. The zero-order valence-corrected chi connectivity index (χ0v) is 7.60. The lowest BCUT2D eigenvalue weighted by Gasteiger charge is -2.25. The Hall–Kier alpha value is -1.61. The van der Waals surface area contributed by atoms with Crippen molar-refractivity contribution in [3.63, 3.8) is 0 Å². The molecule has 2 aliphatic heterocycles. The third-order valence-corrected chi connectivity index (χ3v) is 2.48. The number of fused-ring (bicyclic) bond motifs is 1. The first kappa shape index (κ1) is 7.76. The molecule has 1 spiro atoms. The van der Waals surface area contributed by atoms with Crippen molar-refractivity contribution in [3.05, 3.63) is 47.2 Å². The number of para-hydroxylation sites is 1. The van der Waals surface area contributed by atoms with Gasteiger partial charge in [0.1, 0.15) is 6.26 Å². The van der Waals surface area contributed by atoms with Gasteiger partial charge in [-0.25, -0.2) is 0 Å². The van der Waals surface area contributed by atoms with Gasteiger partial charge in [0.15, 0.2) is 5.66 Å². The Balaban J connectivity index is 2.17. The fourth-order valence-electron chi connectivity index (χ4n) is 1.83. The van der Waals surface area contributed by atoms with E-state index in [2.05, 4.69) is 22.6 Å². The van der Waals surface area contributed by atoms with Crippen LogP contribution in [0, 0.1) is 0 Å². The van der Waals surface area contributed by atoms with Crippen LogP contribution in [0.5, 0.6) is 0 Å². The molecule has 3 heteroatoms. The van der Waals surface area contributed by atoms with Crippen molar-refractivity contribution in [3.8, 4) is 0 Å². The van der Waals surface area contributed by atoms with E-state index in [9.17, 15) is 0 Å². The maximum absolute atomic E-state index is 5.08. The van der Waals surface area contributed by atoms with Crippen molar-refractivity contribution in [2.24, 2.45) is 4.99 Å². The van der Waals surface area contributed by atoms with E-state index < -0.39 is 0 Å². The van der Waals surface area contributed by atoms with E-state index in [0.29, 0.717) is 0 Å². The molecule has 0 amide bonds. The quantitative estimate of drug-likeness (QED) is 0.629. The molecule has 0 fully saturated rings. The van der Waals surface area contributed by atoms with E-state index in [1.54, 1.807) is 6.26 Å². The predicted molar refractivity (Wildman–Crippen MR) is 52.4 cm³/mol. The second-order valence-corrected chi connectivity index (χ2v) is 3.54. The molecular formula is C11H10N2O. The van der Waals surface area contributed by atoms with Crippen molar-refractivity contribution in [2.45, 2.75) is 12.1 Å². The molecule has 0 saturated heterocycles. The van der Waals surface area contributed by atoms with Crippen molar-refractivity contribution >= 4 is 6.08 Å². The van der Waals surface area contributed by atoms with Crippen molar-refractivity contribution in [2.75, 3.05) is 0 Å². The van der Waals surface area contributed by atoms with E-state index in [-0.39, 0.29) is 5.66 Å². The SMILES string of the molecule is C1=CONC2(C=c3ccccc3=N2)C1. The van der Waals surface area contributed by atoms with Crippen LogP contribution in [0.3, 0.4) is 0 Å². The molecule has 1 N–H and O–H groups in total. The summed E-state index contributed by atoms with van der Waals surface area (Å²) in [6, 6.07) is 8.09. The molecule has 0 saturated carbocycles. The Labute approximate surface area is 81.4 Å². The highest BCUT2D eigenvalue weighted by Crippen LogP contribution is 2.19. The molecule has 3 nitrogen and oxygen atoms in total. The highest BCUT2D eigenvalue weighted by molar-refractivity contribution is 5.41. The molecule has 70 valence electrons. The zero-order valence-electron chi connectivity index (χ0n) is 7.60. The van der Waals surface area contributed by atoms with Crippen LogP contribution in [0.1, 0.15) is 6.42 Å². The van der Waals surface area contributed by atoms with Crippen LogP contribution in [0.4, 0.5) is 0 Å². The second kappa shape index (κ2) is 2.69. The highest BCUT2D eigenvalue weighted by Gasteiger charge is 2.30. The van der Waals surface area contributed by atoms with Crippen LogP contribution in [0.15, 0.2) is 41.6 Å². The summed E-state index contributed by atoms with van der Waals surface area (Å²) < 4.78 is 0. The summed E-state index contributed by atoms with van der Waals surface area (Å²) >= 11 is 0. The van der Waals surface area contributed by atoms with Gasteiger partial charge in [0, 0.05) is 6.42 Å². The molecule has 2 aliphatic rings.